The topological polar surface area (TPSA) is 95.9 Å². The number of hydrogen-bond acceptors (Lipinski definition) is 5. The molecule has 1 aromatic rings. The molecule has 18 heavy (non-hydrogen) atoms. The van der Waals surface area contributed by atoms with Crippen molar-refractivity contribution < 1.29 is 21.8 Å². The number of benzene rings is 1. The van der Waals surface area contributed by atoms with E-state index in [2.05, 4.69) is 9.19 Å². The van der Waals surface area contributed by atoms with Crippen LogP contribution in [0.25, 0.3) is 0 Å². The second-order valence-electron chi connectivity index (χ2n) is 3.58. The fourth-order valence-corrected chi connectivity index (χ4v) is 2.97. The van der Waals surface area contributed by atoms with Crippen LogP contribution in [0.3, 0.4) is 0 Å². The summed E-state index contributed by atoms with van der Waals surface area (Å²) in [6.45, 7) is 1.41. The molecule has 98 valence electrons. The van der Waals surface area contributed by atoms with Crippen LogP contribution in [-0.4, -0.2) is 34.3 Å². The number of anilines is 1. The van der Waals surface area contributed by atoms with Gasteiger partial charge in [-0.1, -0.05) is 0 Å². The van der Waals surface area contributed by atoms with Crippen molar-refractivity contribution in [2.24, 2.45) is 0 Å². The van der Waals surface area contributed by atoms with Gasteiger partial charge in [0.1, 0.15) is 0 Å². The Morgan fingerprint density at radius 2 is 2.22 bits per heavy atom. The van der Waals surface area contributed by atoms with Crippen molar-refractivity contribution in [3.05, 3.63) is 24.3 Å². The van der Waals surface area contributed by atoms with Gasteiger partial charge in [-0.25, -0.2) is 0 Å². The normalized spacial score (nSPS) is 13.7. The summed E-state index contributed by atoms with van der Waals surface area (Å²) in [7, 11) is 0. The van der Waals surface area contributed by atoms with E-state index in [9.17, 15) is 12.6 Å². The number of carbonyl (C=O) groups is 1. The number of ketones is 1. The summed E-state index contributed by atoms with van der Waals surface area (Å²) >= 11 is 0.0764. The van der Waals surface area contributed by atoms with Crippen LogP contribution in [0.15, 0.2) is 24.3 Å². The third kappa shape index (κ3) is 4.36. The van der Waals surface area contributed by atoms with E-state index in [1.165, 1.54) is 25.1 Å². The number of rotatable bonds is 5. The van der Waals surface area contributed by atoms with Crippen LogP contribution in [0.2, 0.25) is 0 Å². The standard InChI is InChI=1S/C10H12AsNO5S/c1-7(13)5-10(18)12-9-4-2-3-8(6-9)11(14,15)17-16/h2-4,6,16H,5H2,1H3,(H,12,18)(H,14,15). The van der Waals surface area contributed by atoms with Gasteiger partial charge in [-0.05, 0) is 0 Å². The van der Waals surface area contributed by atoms with Crippen LogP contribution >= 0.6 is 12.2 Å². The van der Waals surface area contributed by atoms with E-state index >= 15 is 0 Å². The average molecular weight is 333 g/mol. The van der Waals surface area contributed by atoms with Crippen molar-refractivity contribution in [1.29, 1.82) is 0 Å². The summed E-state index contributed by atoms with van der Waals surface area (Å²) in [6.07, 6.45) is 0.0951. The maximum absolute atomic E-state index is 11.4. The van der Waals surface area contributed by atoms with Gasteiger partial charge in [0, 0.05) is 0 Å². The summed E-state index contributed by atoms with van der Waals surface area (Å²) in [5.74, 6) is -0.0840. The monoisotopic (exact) mass is 333 g/mol. The molecule has 0 heterocycles. The molecule has 1 unspecified atom stereocenters. The van der Waals surface area contributed by atoms with Gasteiger partial charge in [-0.2, -0.15) is 0 Å². The minimum atomic E-state index is -4.86. The average Bonchev–Trinajstić information content (AvgIpc) is 2.28. The maximum atomic E-state index is 11.4. The molecule has 0 aliphatic carbocycles. The number of hydrogen-bond donors (Lipinski definition) is 3. The molecule has 6 nitrogen and oxygen atoms in total. The van der Waals surface area contributed by atoms with Crippen molar-refractivity contribution >= 4 is 47.2 Å². The SMILES string of the molecule is CC(=O)CC(=S)Nc1cccc([As](=O)(O)OO)c1. The van der Waals surface area contributed by atoms with Crippen molar-refractivity contribution in [2.45, 2.75) is 13.3 Å². The molecule has 1 rings (SSSR count). The fourth-order valence-electron chi connectivity index (χ4n) is 1.24. The Bertz CT molecular complexity index is 519. The number of carbonyl (C=O) groups excluding carboxylic acids is 1. The molecule has 0 saturated carbocycles. The Balaban J connectivity index is 2.86. The first-order valence-electron chi connectivity index (χ1n) is 4.91. The van der Waals surface area contributed by atoms with Gasteiger partial charge >= 0.3 is 112 Å². The molecule has 0 bridgehead atoms. The van der Waals surface area contributed by atoms with Crippen LogP contribution in [0.4, 0.5) is 5.69 Å². The molecular formula is C10H12AsNO5S. The van der Waals surface area contributed by atoms with Crippen LogP contribution in [0, 0.1) is 0 Å². The van der Waals surface area contributed by atoms with Crippen molar-refractivity contribution in [1.82, 2.24) is 0 Å². The van der Waals surface area contributed by atoms with E-state index in [-0.39, 0.29) is 16.6 Å². The van der Waals surface area contributed by atoms with Crippen molar-refractivity contribution in [3.8, 4) is 0 Å². The Morgan fingerprint density at radius 1 is 1.56 bits per heavy atom. The Kier molecular flexibility index (Phi) is 5.25. The summed E-state index contributed by atoms with van der Waals surface area (Å²) in [5, 5.41) is 11.1. The summed E-state index contributed by atoms with van der Waals surface area (Å²) in [4.78, 5) is 11.2. The Morgan fingerprint density at radius 3 is 2.78 bits per heavy atom. The van der Waals surface area contributed by atoms with E-state index in [4.69, 9.17) is 17.5 Å². The van der Waals surface area contributed by atoms with E-state index in [0.717, 1.165) is 0 Å². The molecule has 0 saturated heterocycles. The second kappa shape index (κ2) is 6.26. The van der Waals surface area contributed by atoms with Gasteiger partial charge in [-0.15, -0.1) is 0 Å². The predicted molar refractivity (Wildman–Crippen MR) is 70.0 cm³/mol. The zero-order valence-corrected chi connectivity index (χ0v) is 12.2. The first kappa shape index (κ1) is 15.1. The van der Waals surface area contributed by atoms with Crippen LogP contribution in [-0.2, 0) is 12.4 Å². The first-order valence-corrected chi connectivity index (χ1v) is 8.63. The molecule has 0 aliphatic heterocycles. The molecule has 3 N–H and O–H groups in total. The van der Waals surface area contributed by atoms with E-state index < -0.39 is 14.2 Å². The summed E-state index contributed by atoms with van der Waals surface area (Å²) < 4.78 is 24.3. The van der Waals surface area contributed by atoms with Gasteiger partial charge in [0.15, 0.2) is 0 Å². The molecule has 0 aliphatic rings. The van der Waals surface area contributed by atoms with Gasteiger partial charge in [-0.3, -0.25) is 0 Å². The van der Waals surface area contributed by atoms with Gasteiger partial charge in [0.05, 0.1) is 0 Å². The van der Waals surface area contributed by atoms with Gasteiger partial charge in [0.25, 0.3) is 0 Å². The van der Waals surface area contributed by atoms with Crippen molar-refractivity contribution in [3.63, 3.8) is 0 Å². The molecular weight excluding hydrogens is 321 g/mol. The summed E-state index contributed by atoms with van der Waals surface area (Å²) in [6, 6.07) is 5.82. The Labute approximate surface area is 112 Å². The molecule has 1 aromatic carbocycles. The fraction of sp³-hybridized carbons (Fsp3) is 0.200. The van der Waals surface area contributed by atoms with E-state index in [0.29, 0.717) is 10.7 Å². The van der Waals surface area contributed by atoms with Crippen LogP contribution in [0.5, 0.6) is 0 Å². The molecule has 1 atom stereocenters. The second-order valence-corrected chi connectivity index (χ2v) is 7.68. The third-order valence-electron chi connectivity index (χ3n) is 1.98. The molecule has 0 fully saturated rings. The number of thiocarbonyl (C=S) groups is 1. The van der Waals surface area contributed by atoms with Gasteiger partial charge in [0.2, 0.25) is 0 Å². The predicted octanol–water partition coefficient (Wildman–Crippen LogP) is 0.463. The minimum absolute atomic E-state index is 0.0220. The first-order chi connectivity index (χ1) is 8.35. The van der Waals surface area contributed by atoms with E-state index in [1.54, 1.807) is 6.07 Å². The zero-order chi connectivity index (χ0) is 13.8. The quantitative estimate of drug-likeness (QED) is 0.312. The zero-order valence-electron chi connectivity index (χ0n) is 9.49. The molecule has 0 amide bonds. The molecule has 0 radical (unpaired) electrons. The summed E-state index contributed by atoms with van der Waals surface area (Å²) in [5.41, 5.74) is 0.450. The van der Waals surface area contributed by atoms with Crippen LogP contribution in [0.1, 0.15) is 13.3 Å². The van der Waals surface area contributed by atoms with Gasteiger partial charge < -0.3 is 0 Å². The Hall–Kier alpha value is -0.982. The van der Waals surface area contributed by atoms with E-state index in [1.807, 2.05) is 0 Å². The third-order valence-corrected chi connectivity index (χ3v) is 4.64. The number of Topliss-reactive ketones (excluding diaryl/α,β-unsaturated/α-hetero) is 1. The molecule has 8 heteroatoms. The van der Waals surface area contributed by atoms with Crippen molar-refractivity contribution in [2.75, 3.05) is 5.32 Å². The molecule has 0 spiro atoms. The van der Waals surface area contributed by atoms with Crippen LogP contribution < -0.4 is 9.67 Å². The number of nitrogens with one attached hydrogen (secondary N) is 1. The molecule has 0 aromatic heterocycles.